The predicted octanol–water partition coefficient (Wildman–Crippen LogP) is 0.640. The van der Waals surface area contributed by atoms with Gasteiger partial charge in [-0.1, -0.05) is 0 Å². The van der Waals surface area contributed by atoms with E-state index >= 15 is 0 Å². The topological polar surface area (TPSA) is 56.1 Å². The van der Waals surface area contributed by atoms with Gasteiger partial charge in [-0.25, -0.2) is 0 Å². The molecular formula is C19H24N3O3+. The highest BCUT2D eigenvalue weighted by atomic mass is 16.5. The molecule has 3 rings (SSSR count). The van der Waals surface area contributed by atoms with Gasteiger partial charge in [0.2, 0.25) is 0 Å². The molecule has 1 fully saturated rings. The Labute approximate surface area is 148 Å². The third-order valence-corrected chi connectivity index (χ3v) is 4.56. The van der Waals surface area contributed by atoms with Gasteiger partial charge in [-0.2, -0.15) is 0 Å². The SMILES string of the molecule is COc1cc(OC)cc(C(=O)N2CC[NH+](Cc3ccncc3)CC2)c1. The van der Waals surface area contributed by atoms with Crippen molar-refractivity contribution in [2.75, 3.05) is 40.4 Å². The molecule has 0 spiro atoms. The number of carbonyl (C=O) groups excluding carboxylic acids is 1. The van der Waals surface area contributed by atoms with E-state index in [1.165, 1.54) is 10.5 Å². The summed E-state index contributed by atoms with van der Waals surface area (Å²) in [6.07, 6.45) is 3.65. The average molecular weight is 342 g/mol. The Morgan fingerprint density at radius 2 is 1.68 bits per heavy atom. The van der Waals surface area contributed by atoms with Crippen LogP contribution in [0.5, 0.6) is 11.5 Å². The van der Waals surface area contributed by atoms with Gasteiger partial charge in [0.05, 0.1) is 40.4 Å². The minimum Gasteiger partial charge on any atom is -0.497 e. The first-order valence-corrected chi connectivity index (χ1v) is 8.44. The molecule has 1 aliphatic rings. The van der Waals surface area contributed by atoms with Gasteiger partial charge in [-0.15, -0.1) is 0 Å². The van der Waals surface area contributed by atoms with Crippen LogP contribution in [0.25, 0.3) is 0 Å². The number of methoxy groups -OCH3 is 2. The lowest BCUT2D eigenvalue weighted by Crippen LogP contribution is -3.13. The quantitative estimate of drug-likeness (QED) is 0.866. The number of nitrogens with one attached hydrogen (secondary N) is 1. The fourth-order valence-electron chi connectivity index (χ4n) is 3.11. The molecule has 25 heavy (non-hydrogen) atoms. The van der Waals surface area contributed by atoms with Crippen LogP contribution in [0.15, 0.2) is 42.7 Å². The summed E-state index contributed by atoms with van der Waals surface area (Å²) in [5, 5.41) is 0. The maximum absolute atomic E-state index is 12.8. The number of quaternary nitrogens is 1. The molecule has 6 heteroatoms. The summed E-state index contributed by atoms with van der Waals surface area (Å²) >= 11 is 0. The Bertz CT molecular complexity index is 691. The predicted molar refractivity (Wildman–Crippen MR) is 94.1 cm³/mol. The number of rotatable bonds is 5. The number of amides is 1. The smallest absolute Gasteiger partial charge is 0.254 e. The fourth-order valence-corrected chi connectivity index (χ4v) is 3.11. The van der Waals surface area contributed by atoms with Gasteiger partial charge in [0, 0.05) is 29.6 Å². The van der Waals surface area contributed by atoms with E-state index in [4.69, 9.17) is 9.47 Å². The zero-order valence-corrected chi connectivity index (χ0v) is 14.7. The van der Waals surface area contributed by atoms with E-state index in [0.717, 1.165) is 32.7 Å². The highest BCUT2D eigenvalue weighted by molar-refractivity contribution is 5.95. The van der Waals surface area contributed by atoms with Gasteiger partial charge in [-0.05, 0) is 24.3 Å². The van der Waals surface area contributed by atoms with Crippen molar-refractivity contribution in [3.63, 3.8) is 0 Å². The van der Waals surface area contributed by atoms with Crippen molar-refractivity contribution in [1.82, 2.24) is 9.88 Å². The first-order chi connectivity index (χ1) is 12.2. The minimum absolute atomic E-state index is 0.0279. The second-order valence-electron chi connectivity index (χ2n) is 6.18. The van der Waals surface area contributed by atoms with E-state index in [-0.39, 0.29) is 5.91 Å². The van der Waals surface area contributed by atoms with E-state index in [1.807, 2.05) is 29.4 Å². The summed E-state index contributed by atoms with van der Waals surface area (Å²) in [5.41, 5.74) is 1.89. The number of ether oxygens (including phenoxy) is 2. The molecule has 6 nitrogen and oxygen atoms in total. The molecule has 0 aliphatic carbocycles. The zero-order valence-electron chi connectivity index (χ0n) is 14.7. The van der Waals surface area contributed by atoms with Crippen molar-refractivity contribution in [1.29, 1.82) is 0 Å². The number of aromatic nitrogens is 1. The Morgan fingerprint density at radius 3 is 2.24 bits per heavy atom. The van der Waals surface area contributed by atoms with Crippen LogP contribution in [0.1, 0.15) is 15.9 Å². The number of piperazine rings is 1. The third kappa shape index (κ3) is 4.28. The molecule has 1 saturated heterocycles. The highest BCUT2D eigenvalue weighted by Gasteiger charge is 2.25. The molecule has 0 unspecified atom stereocenters. The molecule has 1 aromatic heterocycles. The van der Waals surface area contributed by atoms with Gasteiger partial charge in [0.1, 0.15) is 18.0 Å². The normalized spacial score (nSPS) is 15.0. The van der Waals surface area contributed by atoms with Crippen molar-refractivity contribution in [2.45, 2.75) is 6.54 Å². The van der Waals surface area contributed by atoms with Crippen molar-refractivity contribution in [2.24, 2.45) is 0 Å². The lowest BCUT2D eigenvalue weighted by molar-refractivity contribution is -0.917. The highest BCUT2D eigenvalue weighted by Crippen LogP contribution is 2.23. The number of carbonyl (C=O) groups is 1. The van der Waals surface area contributed by atoms with Gasteiger partial charge >= 0.3 is 0 Å². The van der Waals surface area contributed by atoms with E-state index in [0.29, 0.717) is 17.1 Å². The molecule has 1 amide bonds. The lowest BCUT2D eigenvalue weighted by atomic mass is 10.1. The molecule has 1 aromatic carbocycles. The zero-order chi connectivity index (χ0) is 17.6. The van der Waals surface area contributed by atoms with E-state index < -0.39 is 0 Å². The van der Waals surface area contributed by atoms with Gasteiger partial charge < -0.3 is 19.3 Å². The molecule has 0 radical (unpaired) electrons. The molecule has 0 atom stereocenters. The van der Waals surface area contributed by atoms with Crippen LogP contribution >= 0.6 is 0 Å². The van der Waals surface area contributed by atoms with Crippen molar-refractivity contribution in [3.05, 3.63) is 53.9 Å². The molecule has 1 aliphatic heterocycles. The lowest BCUT2D eigenvalue weighted by Gasteiger charge is -2.32. The van der Waals surface area contributed by atoms with Crippen molar-refractivity contribution < 1.29 is 19.2 Å². The molecule has 132 valence electrons. The Kier molecular flexibility index (Phi) is 5.50. The summed E-state index contributed by atoms with van der Waals surface area (Å²) in [5.74, 6) is 1.29. The van der Waals surface area contributed by atoms with Crippen molar-refractivity contribution >= 4 is 5.91 Å². The van der Waals surface area contributed by atoms with Crippen LogP contribution in [0, 0.1) is 0 Å². The van der Waals surface area contributed by atoms with E-state index in [1.54, 1.807) is 32.4 Å². The van der Waals surface area contributed by atoms with Gasteiger partial charge in [-0.3, -0.25) is 9.78 Å². The number of pyridine rings is 1. The Balaban J connectivity index is 1.62. The summed E-state index contributed by atoms with van der Waals surface area (Å²) in [4.78, 5) is 20.2. The van der Waals surface area contributed by atoms with Crippen LogP contribution in [0.2, 0.25) is 0 Å². The fraction of sp³-hybridized carbons (Fsp3) is 0.368. The summed E-state index contributed by atoms with van der Waals surface area (Å²) < 4.78 is 10.5. The number of benzene rings is 1. The first kappa shape index (κ1) is 17.2. The largest absolute Gasteiger partial charge is 0.497 e. The number of nitrogens with zero attached hydrogens (tertiary/aromatic N) is 2. The monoisotopic (exact) mass is 342 g/mol. The maximum Gasteiger partial charge on any atom is 0.254 e. The van der Waals surface area contributed by atoms with Crippen LogP contribution in [0.3, 0.4) is 0 Å². The summed E-state index contributed by atoms with van der Waals surface area (Å²) in [6, 6.07) is 9.40. The standard InChI is InChI=1S/C19H23N3O3/c1-24-17-11-16(12-18(13-17)25-2)19(23)22-9-7-21(8-10-22)14-15-3-5-20-6-4-15/h3-6,11-13H,7-10,14H2,1-2H3/p+1. The van der Waals surface area contributed by atoms with Gasteiger partial charge in [0.15, 0.2) is 0 Å². The second-order valence-corrected chi connectivity index (χ2v) is 6.18. The van der Waals surface area contributed by atoms with Crippen LogP contribution in [-0.4, -0.2) is 56.2 Å². The molecule has 0 saturated carbocycles. The van der Waals surface area contributed by atoms with Gasteiger partial charge in [0.25, 0.3) is 5.91 Å². The van der Waals surface area contributed by atoms with E-state index in [2.05, 4.69) is 4.98 Å². The summed E-state index contributed by atoms with van der Waals surface area (Å²) in [6.45, 7) is 4.35. The molecule has 2 aromatic rings. The van der Waals surface area contributed by atoms with E-state index in [9.17, 15) is 4.79 Å². The molecular weight excluding hydrogens is 318 g/mol. The molecule has 0 bridgehead atoms. The third-order valence-electron chi connectivity index (χ3n) is 4.56. The maximum atomic E-state index is 12.8. The average Bonchev–Trinajstić information content (AvgIpc) is 2.68. The molecule has 1 N–H and O–H groups in total. The minimum atomic E-state index is 0.0279. The summed E-state index contributed by atoms with van der Waals surface area (Å²) in [7, 11) is 3.18. The van der Waals surface area contributed by atoms with Crippen LogP contribution in [-0.2, 0) is 6.54 Å². The second kappa shape index (κ2) is 7.98. The number of hydrogen-bond acceptors (Lipinski definition) is 4. The number of hydrogen-bond donors (Lipinski definition) is 1. The Morgan fingerprint density at radius 1 is 1.08 bits per heavy atom. The van der Waals surface area contributed by atoms with Crippen LogP contribution in [0.4, 0.5) is 0 Å². The van der Waals surface area contributed by atoms with Crippen molar-refractivity contribution in [3.8, 4) is 11.5 Å². The molecule has 2 heterocycles. The van der Waals surface area contributed by atoms with Crippen LogP contribution < -0.4 is 14.4 Å². The Hall–Kier alpha value is -2.60. The first-order valence-electron chi connectivity index (χ1n) is 8.44.